The fraction of sp³-hybridized carbons (Fsp3) is 0.182. The Kier molecular flexibility index (Phi) is 8.60. The Morgan fingerprint density at radius 3 is 2.50 bits per heavy atom. The number of aryl methyl sites for hydroxylation is 1. The Morgan fingerprint density at radius 1 is 0.909 bits per heavy atom. The van der Waals surface area contributed by atoms with Crippen LogP contribution in [0, 0.1) is 6.92 Å². The smallest absolute Gasteiger partial charge is 0.228 e. The summed E-state index contributed by atoms with van der Waals surface area (Å²) in [5.41, 5.74) is 4.42. The topological polar surface area (TPSA) is 118 Å². The third-order valence-electron chi connectivity index (χ3n) is 6.93. The van der Waals surface area contributed by atoms with Gasteiger partial charge in [-0.15, -0.1) is 21.5 Å². The zero-order chi connectivity index (χ0) is 30.5. The predicted molar refractivity (Wildman–Crippen MR) is 180 cm³/mol. The standard InChI is InChI=1S/C33H33N7O2SSi/c1-22-20-29(43-21-22)30-25-8-4-5-9-26(25)31(40-39-30)37-23-11-13-24(14-12-23)42-32-27(10-6-16-34-32)28-15-18-36-33(38-28)35-17-7-19-44(2,3)41/h4-6,8-16,18,20-21,41H,7,17,19H2,1-3H3,(H,37,40)(H,35,36,38). The Balaban J connectivity index is 1.17. The highest BCUT2D eigenvalue weighted by Crippen LogP contribution is 2.35. The van der Waals surface area contributed by atoms with Gasteiger partial charge in [-0.25, -0.2) is 15.0 Å². The van der Waals surface area contributed by atoms with Crippen LogP contribution in [-0.2, 0) is 0 Å². The normalized spacial score (nSPS) is 11.5. The molecule has 0 saturated heterocycles. The van der Waals surface area contributed by atoms with Gasteiger partial charge in [0.2, 0.25) is 11.8 Å². The molecule has 222 valence electrons. The van der Waals surface area contributed by atoms with Crippen molar-refractivity contribution in [3.8, 4) is 33.5 Å². The van der Waals surface area contributed by atoms with Crippen LogP contribution in [0.2, 0.25) is 19.1 Å². The summed E-state index contributed by atoms with van der Waals surface area (Å²) in [6.45, 7) is 6.67. The fourth-order valence-electron chi connectivity index (χ4n) is 4.77. The second kappa shape index (κ2) is 12.9. The van der Waals surface area contributed by atoms with Crippen molar-refractivity contribution in [2.75, 3.05) is 17.2 Å². The molecule has 4 heterocycles. The van der Waals surface area contributed by atoms with Crippen molar-refractivity contribution in [3.63, 3.8) is 0 Å². The summed E-state index contributed by atoms with van der Waals surface area (Å²) in [4.78, 5) is 24.7. The lowest BCUT2D eigenvalue weighted by molar-refractivity contribution is 0.465. The lowest BCUT2D eigenvalue weighted by atomic mass is 10.1. The molecule has 6 aromatic rings. The molecule has 0 amide bonds. The third-order valence-corrected chi connectivity index (χ3v) is 9.57. The molecular formula is C33H33N7O2SSi. The summed E-state index contributed by atoms with van der Waals surface area (Å²) in [6, 6.07) is 24.4. The van der Waals surface area contributed by atoms with Gasteiger partial charge in [0.25, 0.3) is 0 Å². The van der Waals surface area contributed by atoms with E-state index in [1.165, 1.54) is 5.56 Å². The van der Waals surface area contributed by atoms with Crippen LogP contribution >= 0.6 is 11.3 Å². The van der Waals surface area contributed by atoms with E-state index in [0.717, 1.165) is 45.1 Å². The maximum absolute atomic E-state index is 10.1. The van der Waals surface area contributed by atoms with Gasteiger partial charge in [-0.1, -0.05) is 24.3 Å². The van der Waals surface area contributed by atoms with E-state index in [9.17, 15) is 4.80 Å². The molecule has 0 saturated carbocycles. The number of hydrogen-bond acceptors (Lipinski definition) is 10. The molecule has 11 heteroatoms. The first-order valence-corrected chi connectivity index (χ1v) is 18.5. The zero-order valence-corrected chi connectivity index (χ0v) is 26.6. The Morgan fingerprint density at radius 2 is 1.73 bits per heavy atom. The van der Waals surface area contributed by atoms with Crippen molar-refractivity contribution in [1.29, 1.82) is 0 Å². The van der Waals surface area contributed by atoms with Crippen molar-refractivity contribution < 1.29 is 9.53 Å². The molecule has 0 unspecified atom stereocenters. The average Bonchev–Trinajstić information content (AvgIpc) is 3.46. The maximum Gasteiger partial charge on any atom is 0.228 e. The first-order valence-electron chi connectivity index (χ1n) is 14.4. The minimum atomic E-state index is -2.07. The van der Waals surface area contributed by atoms with E-state index >= 15 is 0 Å². The number of pyridine rings is 1. The molecule has 6 rings (SSSR count). The van der Waals surface area contributed by atoms with Crippen molar-refractivity contribution in [2.45, 2.75) is 32.5 Å². The van der Waals surface area contributed by atoms with Crippen LogP contribution in [0.4, 0.5) is 17.5 Å². The van der Waals surface area contributed by atoms with Crippen molar-refractivity contribution in [3.05, 3.63) is 96.1 Å². The van der Waals surface area contributed by atoms with Crippen LogP contribution in [0.3, 0.4) is 0 Å². The summed E-state index contributed by atoms with van der Waals surface area (Å²) in [5.74, 6) is 2.30. The molecule has 3 N–H and O–H groups in total. The second-order valence-electron chi connectivity index (χ2n) is 11.1. The van der Waals surface area contributed by atoms with Gasteiger partial charge in [-0.3, -0.25) is 0 Å². The van der Waals surface area contributed by atoms with Gasteiger partial charge in [0.05, 0.1) is 16.1 Å². The third kappa shape index (κ3) is 7.08. The SMILES string of the molecule is Cc1csc(-c2nnc(Nc3ccc(Oc4ncccc4-c4ccnc(NCCC[Si](C)(C)O)n4)cc3)c3ccccc23)c1. The molecule has 0 aliphatic heterocycles. The highest BCUT2D eigenvalue weighted by molar-refractivity contribution is 7.13. The van der Waals surface area contributed by atoms with E-state index in [-0.39, 0.29) is 0 Å². The number of benzene rings is 2. The highest BCUT2D eigenvalue weighted by atomic mass is 32.1. The molecule has 0 radical (unpaired) electrons. The van der Waals surface area contributed by atoms with Gasteiger partial charge in [0.1, 0.15) is 11.4 Å². The van der Waals surface area contributed by atoms with Gasteiger partial charge in [-0.2, -0.15) is 0 Å². The minimum absolute atomic E-state index is 0.446. The molecule has 0 spiro atoms. The quantitative estimate of drug-likeness (QED) is 0.0977. The summed E-state index contributed by atoms with van der Waals surface area (Å²) in [7, 11) is -2.07. The van der Waals surface area contributed by atoms with Crippen LogP contribution in [-0.4, -0.2) is 44.8 Å². The van der Waals surface area contributed by atoms with Gasteiger partial charge in [0.15, 0.2) is 14.1 Å². The molecule has 0 bridgehead atoms. The summed E-state index contributed by atoms with van der Waals surface area (Å²) in [6.07, 6.45) is 4.27. The zero-order valence-electron chi connectivity index (χ0n) is 24.8. The molecule has 0 atom stereocenters. The monoisotopic (exact) mass is 619 g/mol. The fourth-order valence-corrected chi connectivity index (χ4v) is 6.71. The maximum atomic E-state index is 10.1. The number of rotatable bonds is 11. The van der Waals surface area contributed by atoms with Crippen molar-refractivity contribution >= 4 is 47.9 Å². The van der Waals surface area contributed by atoms with E-state index in [2.05, 4.69) is 66.3 Å². The van der Waals surface area contributed by atoms with E-state index in [1.54, 1.807) is 23.7 Å². The number of hydrogen-bond donors (Lipinski definition) is 3. The second-order valence-corrected chi connectivity index (χ2v) is 16.2. The van der Waals surface area contributed by atoms with Gasteiger partial charge < -0.3 is 20.2 Å². The summed E-state index contributed by atoms with van der Waals surface area (Å²) in [5, 5.41) is 20.0. The van der Waals surface area contributed by atoms with Crippen LogP contribution in [0.15, 0.2) is 90.6 Å². The summed E-state index contributed by atoms with van der Waals surface area (Å²) >= 11 is 1.68. The van der Waals surface area contributed by atoms with Crippen LogP contribution in [0.5, 0.6) is 11.6 Å². The Bertz CT molecular complexity index is 1890. The van der Waals surface area contributed by atoms with E-state index in [1.807, 2.05) is 67.7 Å². The molecule has 2 aromatic carbocycles. The number of aromatic nitrogens is 5. The summed E-state index contributed by atoms with van der Waals surface area (Å²) < 4.78 is 6.21. The largest absolute Gasteiger partial charge is 0.438 e. The highest BCUT2D eigenvalue weighted by Gasteiger charge is 2.16. The average molecular weight is 620 g/mol. The van der Waals surface area contributed by atoms with Crippen molar-refractivity contribution in [2.24, 2.45) is 0 Å². The molecular weight excluding hydrogens is 587 g/mol. The number of nitrogens with zero attached hydrogens (tertiary/aromatic N) is 5. The van der Waals surface area contributed by atoms with E-state index in [0.29, 0.717) is 35.6 Å². The first-order chi connectivity index (χ1) is 21.3. The van der Waals surface area contributed by atoms with Crippen LogP contribution < -0.4 is 15.4 Å². The molecule has 0 fully saturated rings. The predicted octanol–water partition coefficient (Wildman–Crippen LogP) is 8.05. The van der Waals surface area contributed by atoms with Gasteiger partial charge >= 0.3 is 0 Å². The minimum Gasteiger partial charge on any atom is -0.438 e. The number of fused-ring (bicyclic) bond motifs is 1. The molecule has 44 heavy (non-hydrogen) atoms. The number of nitrogens with one attached hydrogen (secondary N) is 2. The van der Waals surface area contributed by atoms with Crippen LogP contribution in [0.25, 0.3) is 32.6 Å². The lowest BCUT2D eigenvalue weighted by Gasteiger charge is -2.14. The molecule has 9 nitrogen and oxygen atoms in total. The Hall–Kier alpha value is -4.71. The number of thiophene rings is 1. The van der Waals surface area contributed by atoms with Crippen molar-refractivity contribution in [1.82, 2.24) is 25.1 Å². The van der Waals surface area contributed by atoms with E-state index in [4.69, 9.17) is 4.74 Å². The Labute approximate surface area is 261 Å². The molecule has 0 aliphatic carbocycles. The number of anilines is 3. The molecule has 0 aliphatic rings. The van der Waals surface area contributed by atoms with Crippen LogP contribution in [0.1, 0.15) is 12.0 Å². The van der Waals surface area contributed by atoms with E-state index < -0.39 is 8.32 Å². The van der Waals surface area contributed by atoms with Gasteiger partial charge in [-0.05, 0) is 92.0 Å². The first kappa shape index (κ1) is 29.4. The lowest BCUT2D eigenvalue weighted by Crippen LogP contribution is -2.25. The number of ether oxygens (including phenoxy) is 1. The van der Waals surface area contributed by atoms with Gasteiger partial charge in [0, 0.05) is 35.4 Å². The molecule has 4 aromatic heterocycles.